The molecular formula is C39H77N3O3S. The monoisotopic (exact) mass is 668 g/mol. The van der Waals surface area contributed by atoms with E-state index in [0.29, 0.717) is 31.7 Å². The number of amidine groups is 1. The molecule has 0 bridgehead atoms. The highest BCUT2D eigenvalue weighted by atomic mass is 32.2. The number of carbonyl (C=O) groups is 2. The summed E-state index contributed by atoms with van der Waals surface area (Å²) in [4.78, 5) is 24.0. The molecule has 0 aliphatic rings. The second-order valence-electron chi connectivity index (χ2n) is 13.4. The Kier molecular flexibility index (Phi) is 37.2. The summed E-state index contributed by atoms with van der Waals surface area (Å²) in [5.74, 6) is 2.01. The first-order valence-corrected chi connectivity index (χ1v) is 21.1. The maximum absolute atomic E-state index is 12.0. The number of nitrogens with one attached hydrogen (secondary N) is 1. The number of thioether (sulfide) groups is 1. The summed E-state index contributed by atoms with van der Waals surface area (Å²) in [6, 6.07) is 0. The molecular weight excluding hydrogens is 591 g/mol. The Hall–Kier alpha value is -1.24. The van der Waals surface area contributed by atoms with E-state index in [4.69, 9.17) is 10.5 Å². The fraction of sp³-hybridized carbons (Fsp3) is 0.923. The quantitative estimate of drug-likeness (QED) is 0.0226. The van der Waals surface area contributed by atoms with Gasteiger partial charge in [0.15, 0.2) is 0 Å². The van der Waals surface area contributed by atoms with Crippen molar-refractivity contribution in [3.8, 4) is 0 Å². The van der Waals surface area contributed by atoms with Crippen molar-refractivity contribution in [2.75, 3.05) is 18.1 Å². The summed E-state index contributed by atoms with van der Waals surface area (Å²) >= 11 is 1.74. The molecule has 0 aliphatic carbocycles. The average molecular weight is 668 g/mol. The third-order valence-corrected chi connectivity index (χ3v) is 9.83. The van der Waals surface area contributed by atoms with Gasteiger partial charge in [0.1, 0.15) is 5.84 Å². The zero-order valence-electron chi connectivity index (χ0n) is 30.7. The number of ether oxygens (including phenoxy) is 1. The van der Waals surface area contributed by atoms with E-state index in [0.717, 1.165) is 43.6 Å². The fourth-order valence-corrected chi connectivity index (χ4v) is 6.58. The highest BCUT2D eigenvalue weighted by Crippen LogP contribution is 2.14. The third kappa shape index (κ3) is 37.2. The summed E-state index contributed by atoms with van der Waals surface area (Å²) in [7, 11) is 0. The normalized spacial score (nSPS) is 11.7. The zero-order chi connectivity index (χ0) is 33.6. The minimum absolute atomic E-state index is 0.0482. The molecule has 0 aromatic rings. The molecule has 46 heavy (non-hydrogen) atoms. The number of rotatable bonds is 37. The lowest BCUT2D eigenvalue weighted by Crippen LogP contribution is -2.23. The van der Waals surface area contributed by atoms with Crippen LogP contribution in [-0.2, 0) is 14.3 Å². The van der Waals surface area contributed by atoms with Crippen LogP contribution in [0.3, 0.4) is 0 Å². The van der Waals surface area contributed by atoms with Crippen LogP contribution in [0.15, 0.2) is 5.10 Å². The number of unbranched alkanes of at least 4 members (excludes halogenated alkanes) is 25. The van der Waals surface area contributed by atoms with Crippen molar-refractivity contribution < 1.29 is 14.3 Å². The number of hydrogen-bond acceptors (Lipinski definition) is 5. The predicted octanol–water partition coefficient (Wildman–Crippen LogP) is 11.8. The van der Waals surface area contributed by atoms with Gasteiger partial charge in [0.2, 0.25) is 5.91 Å². The number of amides is 1. The Morgan fingerprint density at radius 2 is 0.935 bits per heavy atom. The predicted molar refractivity (Wildman–Crippen MR) is 203 cm³/mol. The van der Waals surface area contributed by atoms with Crippen LogP contribution < -0.4 is 11.2 Å². The van der Waals surface area contributed by atoms with E-state index in [1.165, 1.54) is 148 Å². The Morgan fingerprint density at radius 1 is 0.522 bits per heavy atom. The molecule has 0 aromatic carbocycles. The molecule has 1 amide bonds. The standard InChI is InChI=1S/C39H77N3O3S/c1-3-5-7-9-11-13-15-17-19-21-23-25-27-29-34-45-39(44)33-36-46-35-30-31-37(40)41-42-38(43)32-28-26-24-22-20-18-16-14-12-10-8-6-4-2/h3-36H2,1-2H3,(H2,40,41)(H,42,43). The minimum Gasteiger partial charge on any atom is -0.466 e. The van der Waals surface area contributed by atoms with Crippen molar-refractivity contribution in [1.82, 2.24) is 5.43 Å². The number of esters is 1. The summed E-state index contributed by atoms with van der Waals surface area (Å²) < 4.78 is 5.39. The van der Waals surface area contributed by atoms with Gasteiger partial charge in [-0.25, -0.2) is 5.43 Å². The molecule has 272 valence electrons. The van der Waals surface area contributed by atoms with Crippen molar-refractivity contribution in [2.24, 2.45) is 10.8 Å². The Bertz CT molecular complexity index is 689. The number of nitrogens with two attached hydrogens (primary N) is 1. The van der Waals surface area contributed by atoms with Gasteiger partial charge in [0, 0.05) is 18.6 Å². The van der Waals surface area contributed by atoms with Crippen molar-refractivity contribution in [1.29, 1.82) is 0 Å². The summed E-state index contributed by atoms with van der Waals surface area (Å²) in [5, 5.41) is 4.05. The lowest BCUT2D eigenvalue weighted by Gasteiger charge is -2.06. The lowest BCUT2D eigenvalue weighted by atomic mass is 10.0. The first kappa shape index (κ1) is 44.8. The Morgan fingerprint density at radius 3 is 1.39 bits per heavy atom. The van der Waals surface area contributed by atoms with Crippen LogP contribution in [-0.4, -0.2) is 35.8 Å². The molecule has 0 rings (SSSR count). The molecule has 0 atom stereocenters. The number of hydrogen-bond donors (Lipinski definition) is 2. The molecule has 0 aliphatic heterocycles. The van der Waals surface area contributed by atoms with Gasteiger partial charge in [-0.15, -0.1) is 0 Å². The fourth-order valence-electron chi connectivity index (χ4n) is 5.72. The largest absolute Gasteiger partial charge is 0.466 e. The first-order chi connectivity index (χ1) is 22.6. The van der Waals surface area contributed by atoms with E-state index in [9.17, 15) is 9.59 Å². The minimum atomic E-state index is -0.0884. The zero-order valence-corrected chi connectivity index (χ0v) is 31.5. The van der Waals surface area contributed by atoms with Gasteiger partial charge in [-0.05, 0) is 25.0 Å². The number of carbonyl (C=O) groups excluding carboxylic acids is 2. The topological polar surface area (TPSA) is 93.8 Å². The van der Waals surface area contributed by atoms with Crippen molar-refractivity contribution >= 4 is 29.5 Å². The maximum atomic E-state index is 12.0. The smallest absolute Gasteiger partial charge is 0.306 e. The van der Waals surface area contributed by atoms with Crippen LogP contribution in [0.1, 0.15) is 213 Å². The molecule has 6 nitrogen and oxygen atoms in total. The van der Waals surface area contributed by atoms with E-state index in [2.05, 4.69) is 24.4 Å². The van der Waals surface area contributed by atoms with Gasteiger partial charge in [0.25, 0.3) is 0 Å². The molecule has 3 N–H and O–H groups in total. The van der Waals surface area contributed by atoms with E-state index in [-0.39, 0.29) is 11.9 Å². The van der Waals surface area contributed by atoms with Gasteiger partial charge in [-0.2, -0.15) is 16.9 Å². The molecule has 0 fully saturated rings. The summed E-state index contributed by atoms with van der Waals surface area (Å²) in [5.41, 5.74) is 8.56. The van der Waals surface area contributed by atoms with E-state index in [1.807, 2.05) is 0 Å². The molecule has 0 spiro atoms. The molecule has 0 unspecified atom stereocenters. The van der Waals surface area contributed by atoms with Gasteiger partial charge in [-0.1, -0.05) is 174 Å². The van der Waals surface area contributed by atoms with Crippen LogP contribution in [0.25, 0.3) is 0 Å². The van der Waals surface area contributed by atoms with Crippen LogP contribution >= 0.6 is 11.8 Å². The second-order valence-corrected chi connectivity index (χ2v) is 14.6. The van der Waals surface area contributed by atoms with Crippen LogP contribution in [0, 0.1) is 0 Å². The summed E-state index contributed by atoms with van der Waals surface area (Å²) in [6.07, 6.45) is 38.0. The molecule has 0 saturated carbocycles. The maximum Gasteiger partial charge on any atom is 0.306 e. The molecule has 0 saturated heterocycles. The second kappa shape index (κ2) is 38.2. The van der Waals surface area contributed by atoms with Gasteiger partial charge in [0.05, 0.1) is 13.0 Å². The number of nitrogens with zero attached hydrogens (tertiary/aromatic N) is 1. The van der Waals surface area contributed by atoms with Crippen LogP contribution in [0.5, 0.6) is 0 Å². The van der Waals surface area contributed by atoms with E-state index in [1.54, 1.807) is 11.8 Å². The molecule has 0 heterocycles. The van der Waals surface area contributed by atoms with Crippen molar-refractivity contribution in [3.63, 3.8) is 0 Å². The van der Waals surface area contributed by atoms with Gasteiger partial charge < -0.3 is 10.5 Å². The Balaban J connectivity index is 3.41. The lowest BCUT2D eigenvalue weighted by molar-refractivity contribution is -0.143. The molecule has 0 aromatic heterocycles. The Labute approximate surface area is 290 Å². The van der Waals surface area contributed by atoms with E-state index < -0.39 is 0 Å². The number of hydrazone groups is 1. The average Bonchev–Trinajstić information content (AvgIpc) is 3.05. The van der Waals surface area contributed by atoms with Crippen LogP contribution in [0.4, 0.5) is 0 Å². The third-order valence-electron chi connectivity index (χ3n) is 8.76. The van der Waals surface area contributed by atoms with Crippen molar-refractivity contribution in [2.45, 2.75) is 213 Å². The highest BCUT2D eigenvalue weighted by molar-refractivity contribution is 7.99. The van der Waals surface area contributed by atoms with Gasteiger partial charge in [-0.3, -0.25) is 9.59 Å². The summed E-state index contributed by atoms with van der Waals surface area (Å²) in [6.45, 7) is 5.10. The molecule has 7 heteroatoms. The molecule has 0 radical (unpaired) electrons. The van der Waals surface area contributed by atoms with Gasteiger partial charge >= 0.3 is 5.97 Å². The highest BCUT2D eigenvalue weighted by Gasteiger charge is 2.04. The SMILES string of the molecule is CCCCCCCCCCCCCCCCOC(=O)CCSCCCC(N)=NNC(=O)CCCCCCCCCCCCCCC. The van der Waals surface area contributed by atoms with Crippen molar-refractivity contribution in [3.05, 3.63) is 0 Å². The van der Waals surface area contributed by atoms with Crippen LogP contribution in [0.2, 0.25) is 0 Å². The first-order valence-electron chi connectivity index (χ1n) is 19.9. The van der Waals surface area contributed by atoms with E-state index >= 15 is 0 Å².